The molecule has 1 saturated carbocycles. The molecule has 3 nitrogen and oxygen atoms in total. The number of nitrogens with two attached hydrogens (primary N) is 1. The zero-order valence-corrected chi connectivity index (χ0v) is 11.9. The highest BCUT2D eigenvalue weighted by Gasteiger charge is 2.34. The van der Waals surface area contributed by atoms with E-state index in [1.165, 1.54) is 4.90 Å². The van der Waals surface area contributed by atoms with E-state index in [2.05, 4.69) is 0 Å². The van der Waals surface area contributed by atoms with Crippen molar-refractivity contribution in [2.75, 3.05) is 6.54 Å². The van der Waals surface area contributed by atoms with Gasteiger partial charge in [0.05, 0.1) is 6.54 Å². The third-order valence-corrected chi connectivity index (χ3v) is 3.26. The molecule has 2 rings (SSSR count). The zero-order chi connectivity index (χ0) is 13.8. The second-order valence-corrected chi connectivity index (χ2v) is 4.89. The molecule has 1 aromatic rings. The lowest BCUT2D eigenvalue weighted by Gasteiger charge is -2.23. The lowest BCUT2D eigenvalue weighted by atomic mass is 10.0. The average Bonchev–Trinajstić information content (AvgIpc) is 3.21. The Morgan fingerprint density at radius 3 is 2.40 bits per heavy atom. The summed E-state index contributed by atoms with van der Waals surface area (Å²) in [4.78, 5) is 13.3. The van der Waals surface area contributed by atoms with Gasteiger partial charge in [-0.25, -0.2) is 8.78 Å². The van der Waals surface area contributed by atoms with Crippen LogP contribution in [-0.4, -0.2) is 29.8 Å². The first kappa shape index (κ1) is 16.9. The highest BCUT2D eigenvalue weighted by Crippen LogP contribution is 2.29. The minimum absolute atomic E-state index is 0. The molecule has 0 radical (unpaired) electrons. The van der Waals surface area contributed by atoms with Gasteiger partial charge in [0.1, 0.15) is 0 Å². The molecule has 1 fully saturated rings. The number of halogens is 3. The summed E-state index contributed by atoms with van der Waals surface area (Å²) in [6.45, 7) is -0.481. The Labute approximate surface area is 123 Å². The predicted molar refractivity (Wildman–Crippen MR) is 76.0 cm³/mol. The minimum atomic E-state index is -2.49. The largest absolute Gasteiger partial charge is 0.334 e. The number of nitrogens with zero attached hydrogens (tertiary/aromatic N) is 1. The van der Waals surface area contributed by atoms with Crippen LogP contribution in [0.4, 0.5) is 8.78 Å². The smallest absolute Gasteiger partial charge is 0.255 e. The maximum atomic E-state index is 12.5. The molecule has 0 aliphatic heterocycles. The van der Waals surface area contributed by atoms with E-state index in [-0.39, 0.29) is 30.8 Å². The monoisotopic (exact) mass is 304 g/mol. The van der Waals surface area contributed by atoms with Gasteiger partial charge in [-0.15, -0.1) is 12.4 Å². The van der Waals surface area contributed by atoms with Crippen LogP contribution in [0.2, 0.25) is 0 Å². The Morgan fingerprint density at radius 1 is 1.30 bits per heavy atom. The molecule has 1 unspecified atom stereocenters. The molecule has 0 aromatic heterocycles. The molecular weight excluding hydrogens is 286 g/mol. The summed E-state index contributed by atoms with van der Waals surface area (Å²) < 4.78 is 24.9. The highest BCUT2D eigenvalue weighted by molar-refractivity contribution is 5.85. The van der Waals surface area contributed by atoms with E-state index >= 15 is 0 Å². The highest BCUT2D eigenvalue weighted by atomic mass is 35.5. The van der Waals surface area contributed by atoms with Gasteiger partial charge < -0.3 is 10.6 Å². The van der Waals surface area contributed by atoms with Gasteiger partial charge in [0.2, 0.25) is 5.91 Å². The van der Waals surface area contributed by atoms with Crippen LogP contribution in [0.5, 0.6) is 0 Å². The van der Waals surface area contributed by atoms with Crippen molar-refractivity contribution >= 4 is 18.3 Å². The van der Waals surface area contributed by atoms with E-state index in [1.54, 1.807) is 0 Å². The summed E-state index contributed by atoms with van der Waals surface area (Å²) in [6.07, 6.45) is -0.775. The van der Waals surface area contributed by atoms with E-state index < -0.39 is 19.0 Å². The van der Waals surface area contributed by atoms with Crippen LogP contribution in [0.25, 0.3) is 0 Å². The standard InChI is InChI=1S/C14H18F2N2O.ClH/c15-13(16)9-18(11-6-7-11)14(19)8-12(17)10-4-2-1-3-5-10;/h1-5,11-13H,6-9,17H2;1H. The van der Waals surface area contributed by atoms with Crippen molar-refractivity contribution in [3.8, 4) is 0 Å². The van der Waals surface area contributed by atoms with Crippen molar-refractivity contribution in [3.05, 3.63) is 35.9 Å². The zero-order valence-electron chi connectivity index (χ0n) is 11.0. The molecule has 0 saturated heterocycles. The molecule has 0 heterocycles. The average molecular weight is 305 g/mol. The molecule has 1 aromatic carbocycles. The summed E-state index contributed by atoms with van der Waals surface area (Å²) in [7, 11) is 0. The van der Waals surface area contributed by atoms with Crippen molar-refractivity contribution in [1.29, 1.82) is 0 Å². The maximum Gasteiger partial charge on any atom is 0.255 e. The van der Waals surface area contributed by atoms with Crippen LogP contribution < -0.4 is 5.73 Å². The second kappa shape index (κ2) is 7.55. The Morgan fingerprint density at radius 2 is 1.90 bits per heavy atom. The number of benzene rings is 1. The Hall–Kier alpha value is -1.20. The van der Waals surface area contributed by atoms with Crippen LogP contribution in [0.1, 0.15) is 30.9 Å². The quantitative estimate of drug-likeness (QED) is 0.878. The van der Waals surface area contributed by atoms with E-state index in [0.29, 0.717) is 0 Å². The SMILES string of the molecule is Cl.NC(CC(=O)N(CC(F)F)C1CC1)c1ccccc1. The van der Waals surface area contributed by atoms with Crippen molar-refractivity contribution in [1.82, 2.24) is 4.90 Å². The number of carbonyl (C=O) groups excluding carboxylic acids is 1. The van der Waals surface area contributed by atoms with Crippen LogP contribution in [0.3, 0.4) is 0 Å². The number of hydrogen-bond donors (Lipinski definition) is 1. The number of rotatable bonds is 6. The van der Waals surface area contributed by atoms with E-state index in [4.69, 9.17) is 5.73 Å². The summed E-state index contributed by atoms with van der Waals surface area (Å²) in [5, 5.41) is 0. The number of hydrogen-bond acceptors (Lipinski definition) is 2. The number of amides is 1. The van der Waals surface area contributed by atoms with Crippen molar-refractivity contribution in [3.63, 3.8) is 0 Å². The topological polar surface area (TPSA) is 46.3 Å². The fourth-order valence-electron chi connectivity index (χ4n) is 2.11. The van der Waals surface area contributed by atoms with E-state index in [1.807, 2.05) is 30.3 Å². The Bertz CT molecular complexity index is 426. The molecule has 1 aliphatic rings. The Balaban J connectivity index is 0.00000200. The maximum absolute atomic E-state index is 12.5. The van der Waals surface area contributed by atoms with Crippen molar-refractivity contribution in [2.45, 2.75) is 37.8 Å². The predicted octanol–water partition coefficient (Wildman–Crippen LogP) is 2.75. The third kappa shape index (κ3) is 4.72. The number of carbonyl (C=O) groups is 1. The van der Waals surface area contributed by atoms with Gasteiger partial charge in [-0.2, -0.15) is 0 Å². The molecule has 0 bridgehead atoms. The first-order valence-electron chi connectivity index (χ1n) is 6.46. The lowest BCUT2D eigenvalue weighted by molar-refractivity contribution is -0.134. The Kier molecular flexibility index (Phi) is 6.36. The molecule has 1 atom stereocenters. The molecule has 1 amide bonds. The molecule has 20 heavy (non-hydrogen) atoms. The van der Waals surface area contributed by atoms with Crippen LogP contribution >= 0.6 is 12.4 Å². The third-order valence-electron chi connectivity index (χ3n) is 3.26. The van der Waals surface area contributed by atoms with E-state index in [0.717, 1.165) is 18.4 Å². The number of alkyl halides is 2. The fraction of sp³-hybridized carbons (Fsp3) is 0.500. The van der Waals surface area contributed by atoms with Crippen LogP contribution in [0, 0.1) is 0 Å². The summed E-state index contributed by atoms with van der Waals surface area (Å²) in [5.74, 6) is -0.279. The second-order valence-electron chi connectivity index (χ2n) is 4.89. The summed E-state index contributed by atoms with van der Waals surface area (Å²) in [5.41, 5.74) is 6.80. The van der Waals surface area contributed by atoms with Gasteiger partial charge in [-0.05, 0) is 18.4 Å². The molecule has 6 heteroatoms. The molecule has 1 aliphatic carbocycles. The lowest BCUT2D eigenvalue weighted by Crippen LogP contribution is -2.38. The van der Waals surface area contributed by atoms with Crippen molar-refractivity contribution < 1.29 is 13.6 Å². The first-order chi connectivity index (χ1) is 9.08. The van der Waals surface area contributed by atoms with Crippen molar-refractivity contribution in [2.24, 2.45) is 5.73 Å². The molecular formula is C14H19ClF2N2O. The van der Waals surface area contributed by atoms with Gasteiger partial charge >= 0.3 is 0 Å². The van der Waals surface area contributed by atoms with Gasteiger partial charge in [0.15, 0.2) is 0 Å². The normalized spacial score (nSPS) is 15.6. The van der Waals surface area contributed by atoms with Gasteiger partial charge in [-0.1, -0.05) is 30.3 Å². The first-order valence-corrected chi connectivity index (χ1v) is 6.46. The van der Waals surface area contributed by atoms with Gasteiger partial charge in [-0.3, -0.25) is 4.79 Å². The van der Waals surface area contributed by atoms with Gasteiger partial charge in [0, 0.05) is 18.5 Å². The molecule has 2 N–H and O–H groups in total. The summed E-state index contributed by atoms with van der Waals surface area (Å²) >= 11 is 0. The fourth-order valence-corrected chi connectivity index (χ4v) is 2.11. The van der Waals surface area contributed by atoms with Crippen LogP contribution in [0.15, 0.2) is 30.3 Å². The summed E-state index contributed by atoms with van der Waals surface area (Å²) in [6, 6.07) is 8.79. The van der Waals surface area contributed by atoms with E-state index in [9.17, 15) is 13.6 Å². The molecule has 112 valence electrons. The minimum Gasteiger partial charge on any atom is -0.334 e. The van der Waals surface area contributed by atoms with Crippen LogP contribution in [-0.2, 0) is 4.79 Å². The molecule has 0 spiro atoms. The van der Waals surface area contributed by atoms with Gasteiger partial charge in [0.25, 0.3) is 6.43 Å².